The Balaban J connectivity index is 2.38. The molecule has 18 heavy (non-hydrogen) atoms. The van der Waals surface area contributed by atoms with E-state index in [-0.39, 0.29) is 6.04 Å². The average molecular weight is 251 g/mol. The van der Waals surface area contributed by atoms with Gasteiger partial charge in [0, 0.05) is 11.6 Å². The zero-order chi connectivity index (χ0) is 13.1. The third-order valence-electron chi connectivity index (χ3n) is 3.56. The molecule has 2 N–H and O–H groups in total. The highest BCUT2D eigenvalue weighted by molar-refractivity contribution is 5.52. The first-order valence-electron chi connectivity index (χ1n) is 6.38. The lowest BCUT2D eigenvalue weighted by atomic mass is 9.85. The number of rotatable bonds is 4. The lowest BCUT2D eigenvalue weighted by Gasteiger charge is -2.31. The molecule has 0 bridgehead atoms. The van der Waals surface area contributed by atoms with Crippen LogP contribution in [-0.4, -0.2) is 31.9 Å². The van der Waals surface area contributed by atoms with Crippen molar-refractivity contribution in [2.45, 2.75) is 31.9 Å². The Bertz CT molecular complexity index is 420. The Hall–Kier alpha value is -1.26. The maximum atomic E-state index is 10.4. The Labute approximate surface area is 108 Å². The summed E-state index contributed by atoms with van der Waals surface area (Å²) in [4.78, 5) is 0. The van der Waals surface area contributed by atoms with Gasteiger partial charge >= 0.3 is 0 Å². The van der Waals surface area contributed by atoms with E-state index in [1.54, 1.807) is 14.2 Å². The summed E-state index contributed by atoms with van der Waals surface area (Å²) in [5, 5.41) is 13.7. The topological polar surface area (TPSA) is 50.7 Å². The van der Waals surface area contributed by atoms with E-state index in [2.05, 4.69) is 12.2 Å². The summed E-state index contributed by atoms with van der Waals surface area (Å²) in [7, 11) is 3.27. The highest BCUT2D eigenvalue weighted by Gasteiger charge is 2.30. The molecule has 0 radical (unpaired) electrons. The van der Waals surface area contributed by atoms with Crippen LogP contribution in [0.3, 0.4) is 0 Å². The van der Waals surface area contributed by atoms with Crippen LogP contribution < -0.4 is 14.8 Å². The maximum absolute atomic E-state index is 10.4. The summed E-state index contributed by atoms with van der Waals surface area (Å²) in [5.41, 5.74) is 2.02. The molecule has 4 heteroatoms. The van der Waals surface area contributed by atoms with Crippen LogP contribution in [0, 0.1) is 0 Å². The Kier molecular flexibility index (Phi) is 4.09. The number of likely N-dealkylation sites (N-methyl/N-ethyl adjacent to an activating group) is 1. The first kappa shape index (κ1) is 13.2. The first-order chi connectivity index (χ1) is 8.72. The van der Waals surface area contributed by atoms with E-state index in [0.717, 1.165) is 42.0 Å². The number of nitrogens with one attached hydrogen (secondary N) is 1. The van der Waals surface area contributed by atoms with Gasteiger partial charge in [-0.1, -0.05) is 13.0 Å². The minimum atomic E-state index is -0.478. The lowest BCUT2D eigenvalue weighted by Crippen LogP contribution is -2.38. The molecule has 0 aromatic heterocycles. The van der Waals surface area contributed by atoms with Crippen molar-refractivity contribution >= 4 is 0 Å². The van der Waals surface area contributed by atoms with Crippen molar-refractivity contribution in [3.8, 4) is 11.5 Å². The number of aliphatic hydroxyl groups is 1. The molecule has 1 aliphatic rings. The fourth-order valence-electron chi connectivity index (χ4n) is 2.69. The van der Waals surface area contributed by atoms with Gasteiger partial charge in [-0.05, 0) is 31.0 Å². The summed E-state index contributed by atoms with van der Waals surface area (Å²) in [6.45, 7) is 2.92. The Morgan fingerprint density at radius 3 is 2.72 bits per heavy atom. The van der Waals surface area contributed by atoms with E-state index >= 15 is 0 Å². The van der Waals surface area contributed by atoms with Gasteiger partial charge in [-0.15, -0.1) is 0 Å². The largest absolute Gasteiger partial charge is 0.493 e. The van der Waals surface area contributed by atoms with Gasteiger partial charge in [-0.25, -0.2) is 0 Å². The smallest absolute Gasteiger partial charge is 0.164 e. The molecule has 0 saturated heterocycles. The molecule has 0 amide bonds. The number of aliphatic hydroxyl groups excluding tert-OH is 1. The predicted molar refractivity (Wildman–Crippen MR) is 70.3 cm³/mol. The molecule has 2 atom stereocenters. The Morgan fingerprint density at radius 2 is 2.11 bits per heavy atom. The molecule has 2 unspecified atom stereocenters. The third kappa shape index (κ3) is 2.18. The summed E-state index contributed by atoms with van der Waals surface area (Å²) in [6, 6.07) is 3.92. The molecule has 0 heterocycles. The summed E-state index contributed by atoms with van der Waals surface area (Å²) in [5.74, 6) is 1.48. The number of hydrogen-bond donors (Lipinski definition) is 2. The second-order valence-corrected chi connectivity index (χ2v) is 4.52. The van der Waals surface area contributed by atoms with E-state index in [1.165, 1.54) is 0 Å². The molecule has 2 rings (SSSR count). The highest BCUT2D eigenvalue weighted by Crippen LogP contribution is 2.40. The zero-order valence-corrected chi connectivity index (χ0v) is 11.2. The number of hydrogen-bond acceptors (Lipinski definition) is 4. The number of fused-ring (bicyclic) bond motifs is 1. The standard InChI is InChI=1S/C14H21NO3/c1-4-15-11-7-5-10-9(13(11)16)6-8-12(17-2)14(10)18-3/h6,8,11,13,15-16H,4-5,7H2,1-3H3. The van der Waals surface area contributed by atoms with Crippen LogP contribution in [0.5, 0.6) is 11.5 Å². The summed E-state index contributed by atoms with van der Waals surface area (Å²) >= 11 is 0. The Morgan fingerprint density at radius 1 is 1.33 bits per heavy atom. The monoisotopic (exact) mass is 251 g/mol. The van der Waals surface area contributed by atoms with Crippen molar-refractivity contribution in [1.82, 2.24) is 5.32 Å². The minimum absolute atomic E-state index is 0.126. The van der Waals surface area contributed by atoms with Crippen molar-refractivity contribution in [2.24, 2.45) is 0 Å². The lowest BCUT2D eigenvalue weighted by molar-refractivity contribution is 0.115. The maximum Gasteiger partial charge on any atom is 0.164 e. The van der Waals surface area contributed by atoms with Crippen LogP contribution in [0.15, 0.2) is 12.1 Å². The fraction of sp³-hybridized carbons (Fsp3) is 0.571. The van der Waals surface area contributed by atoms with Gasteiger partial charge in [-0.3, -0.25) is 0 Å². The zero-order valence-electron chi connectivity index (χ0n) is 11.2. The normalized spacial score (nSPS) is 22.4. The molecule has 100 valence electrons. The van der Waals surface area contributed by atoms with Crippen LogP contribution in [0.1, 0.15) is 30.6 Å². The summed E-state index contributed by atoms with van der Waals surface area (Å²) < 4.78 is 10.7. The van der Waals surface area contributed by atoms with Gasteiger partial charge in [0.1, 0.15) is 0 Å². The van der Waals surface area contributed by atoms with Crippen molar-refractivity contribution in [1.29, 1.82) is 0 Å². The molecular formula is C14H21NO3. The van der Waals surface area contributed by atoms with Crippen LogP contribution >= 0.6 is 0 Å². The minimum Gasteiger partial charge on any atom is -0.493 e. The van der Waals surface area contributed by atoms with Gasteiger partial charge < -0.3 is 19.9 Å². The molecule has 0 saturated carbocycles. The molecule has 4 nitrogen and oxygen atoms in total. The SMILES string of the molecule is CCNC1CCc2c(ccc(OC)c2OC)C1O. The molecule has 1 aromatic carbocycles. The number of methoxy groups -OCH3 is 2. The molecule has 0 spiro atoms. The second-order valence-electron chi connectivity index (χ2n) is 4.52. The van der Waals surface area contributed by atoms with E-state index in [9.17, 15) is 5.11 Å². The van der Waals surface area contributed by atoms with Gasteiger partial charge in [0.05, 0.1) is 20.3 Å². The summed E-state index contributed by atoms with van der Waals surface area (Å²) in [6.07, 6.45) is 1.32. The van der Waals surface area contributed by atoms with Gasteiger partial charge in [0.15, 0.2) is 11.5 Å². The van der Waals surface area contributed by atoms with E-state index < -0.39 is 6.10 Å². The van der Waals surface area contributed by atoms with E-state index in [0.29, 0.717) is 0 Å². The molecule has 0 fully saturated rings. The average Bonchev–Trinajstić information content (AvgIpc) is 2.40. The first-order valence-corrected chi connectivity index (χ1v) is 6.38. The predicted octanol–water partition coefficient (Wildman–Crippen LogP) is 1.66. The molecule has 1 aromatic rings. The van der Waals surface area contributed by atoms with Crippen LogP contribution in [0.2, 0.25) is 0 Å². The van der Waals surface area contributed by atoms with Crippen molar-refractivity contribution in [3.63, 3.8) is 0 Å². The van der Waals surface area contributed by atoms with Crippen molar-refractivity contribution < 1.29 is 14.6 Å². The van der Waals surface area contributed by atoms with Crippen LogP contribution in [-0.2, 0) is 6.42 Å². The van der Waals surface area contributed by atoms with Crippen LogP contribution in [0.25, 0.3) is 0 Å². The van der Waals surface area contributed by atoms with Crippen molar-refractivity contribution in [3.05, 3.63) is 23.3 Å². The number of benzene rings is 1. The fourth-order valence-corrected chi connectivity index (χ4v) is 2.69. The van der Waals surface area contributed by atoms with E-state index in [1.807, 2.05) is 12.1 Å². The number of ether oxygens (including phenoxy) is 2. The second kappa shape index (κ2) is 5.59. The third-order valence-corrected chi connectivity index (χ3v) is 3.56. The highest BCUT2D eigenvalue weighted by atomic mass is 16.5. The van der Waals surface area contributed by atoms with Gasteiger partial charge in [-0.2, -0.15) is 0 Å². The molecule has 0 aliphatic heterocycles. The molecule has 1 aliphatic carbocycles. The van der Waals surface area contributed by atoms with Gasteiger partial charge in [0.2, 0.25) is 0 Å². The van der Waals surface area contributed by atoms with Crippen molar-refractivity contribution in [2.75, 3.05) is 20.8 Å². The van der Waals surface area contributed by atoms with Crippen LogP contribution in [0.4, 0.5) is 0 Å². The molecular weight excluding hydrogens is 230 g/mol. The van der Waals surface area contributed by atoms with E-state index in [4.69, 9.17) is 9.47 Å². The van der Waals surface area contributed by atoms with Gasteiger partial charge in [0.25, 0.3) is 0 Å². The quantitative estimate of drug-likeness (QED) is 0.854.